The number of nitrogens with zero attached hydrogens (tertiary/aromatic N) is 1. The van der Waals surface area contributed by atoms with Crippen molar-refractivity contribution in [1.29, 1.82) is 0 Å². The number of rotatable bonds is 6. The normalized spacial score (nSPS) is 27.4. The van der Waals surface area contributed by atoms with Gasteiger partial charge in [0, 0.05) is 18.0 Å². The molecule has 1 amide bonds. The number of carbonyl (C=O) groups is 2. The van der Waals surface area contributed by atoms with E-state index in [4.69, 9.17) is 5.11 Å². The fraction of sp³-hybridized carbons (Fsp3) is 0.846. The van der Waals surface area contributed by atoms with E-state index in [1.165, 1.54) is 6.42 Å². The van der Waals surface area contributed by atoms with Gasteiger partial charge in [-0.25, -0.2) is 0 Å². The highest BCUT2D eigenvalue weighted by atomic mass is 16.4. The summed E-state index contributed by atoms with van der Waals surface area (Å²) in [5, 5.41) is 11.9. The molecule has 2 aliphatic rings. The molecule has 2 N–H and O–H groups in total. The maximum absolute atomic E-state index is 11.7. The Hall–Kier alpha value is -1.10. The lowest BCUT2D eigenvalue weighted by molar-refractivity contribution is -0.140. The van der Waals surface area contributed by atoms with Gasteiger partial charge in [0.05, 0.1) is 6.54 Å². The van der Waals surface area contributed by atoms with Crippen LogP contribution in [0.15, 0.2) is 0 Å². The van der Waals surface area contributed by atoms with Gasteiger partial charge in [0.15, 0.2) is 0 Å². The monoisotopic (exact) mass is 254 g/mol. The molecule has 0 atom stereocenters. The van der Waals surface area contributed by atoms with Gasteiger partial charge in [0.2, 0.25) is 5.91 Å². The highest BCUT2D eigenvalue weighted by Crippen LogP contribution is 2.29. The van der Waals surface area contributed by atoms with E-state index < -0.39 is 5.97 Å². The van der Waals surface area contributed by atoms with Gasteiger partial charge in [0.1, 0.15) is 0 Å². The number of carbonyl (C=O) groups excluding carboxylic acids is 1. The van der Waals surface area contributed by atoms with E-state index in [1.54, 1.807) is 0 Å². The minimum absolute atomic E-state index is 0.102. The second-order valence-corrected chi connectivity index (χ2v) is 5.42. The van der Waals surface area contributed by atoms with Gasteiger partial charge in [0.25, 0.3) is 0 Å². The van der Waals surface area contributed by atoms with Crippen LogP contribution in [0.25, 0.3) is 0 Å². The molecule has 0 radical (unpaired) electrons. The molecular weight excluding hydrogens is 232 g/mol. The Kier molecular flexibility index (Phi) is 4.22. The van der Waals surface area contributed by atoms with Crippen molar-refractivity contribution in [2.24, 2.45) is 5.92 Å². The number of carboxylic acids is 1. The summed E-state index contributed by atoms with van der Waals surface area (Å²) < 4.78 is 0. The van der Waals surface area contributed by atoms with Crippen LogP contribution in [-0.2, 0) is 9.59 Å². The molecule has 102 valence electrons. The van der Waals surface area contributed by atoms with Gasteiger partial charge < -0.3 is 10.4 Å². The Balaban J connectivity index is 1.68. The minimum Gasteiger partial charge on any atom is -0.480 e. The predicted octanol–water partition coefficient (Wildman–Crippen LogP) is 0.840. The first-order valence-corrected chi connectivity index (χ1v) is 6.86. The zero-order chi connectivity index (χ0) is 13.1. The molecule has 0 aliphatic heterocycles. The van der Waals surface area contributed by atoms with Crippen molar-refractivity contribution < 1.29 is 14.7 Å². The molecule has 0 aromatic rings. The van der Waals surface area contributed by atoms with Gasteiger partial charge in [-0.3, -0.25) is 14.5 Å². The van der Waals surface area contributed by atoms with E-state index in [2.05, 4.69) is 5.32 Å². The Bertz CT molecular complexity index is 322. The minimum atomic E-state index is -0.779. The zero-order valence-electron chi connectivity index (χ0n) is 10.9. The number of carboxylic acid groups (broad SMARTS) is 1. The Morgan fingerprint density at radius 3 is 2.44 bits per heavy atom. The van der Waals surface area contributed by atoms with Crippen LogP contribution in [-0.4, -0.2) is 47.1 Å². The van der Waals surface area contributed by atoms with E-state index in [-0.39, 0.29) is 24.4 Å². The van der Waals surface area contributed by atoms with Crippen molar-refractivity contribution >= 4 is 11.9 Å². The molecular formula is C13H22N2O3. The van der Waals surface area contributed by atoms with Crippen molar-refractivity contribution in [3.8, 4) is 0 Å². The molecule has 0 aromatic heterocycles. The molecule has 0 saturated heterocycles. The molecule has 2 rings (SSSR count). The lowest BCUT2D eigenvalue weighted by Gasteiger charge is -2.43. The van der Waals surface area contributed by atoms with Crippen LogP contribution in [0.4, 0.5) is 0 Å². The quantitative estimate of drug-likeness (QED) is 0.737. The summed E-state index contributed by atoms with van der Waals surface area (Å²) in [6, 6.07) is 0.573. The number of hydrogen-bond donors (Lipinski definition) is 2. The van der Waals surface area contributed by atoms with Crippen LogP contribution < -0.4 is 5.32 Å². The summed E-state index contributed by atoms with van der Waals surface area (Å²) >= 11 is 0. The Labute approximate surface area is 108 Å². The van der Waals surface area contributed by atoms with E-state index in [9.17, 15) is 9.59 Å². The van der Waals surface area contributed by atoms with Crippen LogP contribution in [0.2, 0.25) is 0 Å². The first-order valence-electron chi connectivity index (χ1n) is 6.86. The molecule has 2 saturated carbocycles. The van der Waals surface area contributed by atoms with Gasteiger partial charge in [-0.2, -0.15) is 0 Å². The maximum atomic E-state index is 11.7. The number of nitrogens with one attached hydrogen (secondary N) is 1. The van der Waals surface area contributed by atoms with Gasteiger partial charge in [-0.15, -0.1) is 0 Å². The molecule has 0 unspecified atom stereocenters. The first kappa shape index (κ1) is 13.3. The van der Waals surface area contributed by atoms with Gasteiger partial charge in [-0.05, 0) is 32.2 Å². The Morgan fingerprint density at radius 2 is 2.00 bits per heavy atom. The number of aliphatic carboxylic acids is 1. The standard InChI is InChI=1S/C13H22N2O3/c1-2-15(8-12(16)17)11-6-10(7-11)14-13(18)9-4-3-5-9/h9-11H,2-8H2,1H3,(H,14,18)(H,16,17). The number of likely N-dealkylation sites (N-methyl/N-ethyl adjacent to an activating group) is 1. The van der Waals surface area contributed by atoms with Crippen LogP contribution in [0.3, 0.4) is 0 Å². The third-order valence-electron chi connectivity index (χ3n) is 4.20. The van der Waals surface area contributed by atoms with E-state index in [0.29, 0.717) is 6.04 Å². The second kappa shape index (κ2) is 5.69. The molecule has 5 nitrogen and oxygen atoms in total. The zero-order valence-corrected chi connectivity index (χ0v) is 10.9. The maximum Gasteiger partial charge on any atom is 0.317 e. The molecule has 2 fully saturated rings. The average Bonchev–Trinajstić information content (AvgIpc) is 2.17. The van der Waals surface area contributed by atoms with Crippen LogP contribution in [0.1, 0.15) is 39.0 Å². The average molecular weight is 254 g/mol. The SMILES string of the molecule is CCN(CC(=O)O)C1CC(NC(=O)C2CCC2)C1. The molecule has 0 heterocycles. The fourth-order valence-corrected chi connectivity index (χ4v) is 2.67. The second-order valence-electron chi connectivity index (χ2n) is 5.42. The molecule has 5 heteroatoms. The predicted molar refractivity (Wildman–Crippen MR) is 67.2 cm³/mol. The summed E-state index contributed by atoms with van der Waals surface area (Å²) in [6.07, 6.45) is 5.01. The van der Waals surface area contributed by atoms with Crippen molar-refractivity contribution in [2.75, 3.05) is 13.1 Å². The number of hydrogen-bond acceptors (Lipinski definition) is 3. The highest BCUT2D eigenvalue weighted by molar-refractivity contribution is 5.79. The molecule has 0 spiro atoms. The molecule has 0 bridgehead atoms. The van der Waals surface area contributed by atoms with Crippen molar-refractivity contribution in [3.63, 3.8) is 0 Å². The fourth-order valence-electron chi connectivity index (χ4n) is 2.67. The lowest BCUT2D eigenvalue weighted by Crippen LogP contribution is -2.55. The first-order chi connectivity index (χ1) is 8.60. The van der Waals surface area contributed by atoms with Crippen molar-refractivity contribution in [3.05, 3.63) is 0 Å². The van der Waals surface area contributed by atoms with E-state index >= 15 is 0 Å². The highest BCUT2D eigenvalue weighted by Gasteiger charge is 2.36. The van der Waals surface area contributed by atoms with Crippen LogP contribution in [0.5, 0.6) is 0 Å². The smallest absolute Gasteiger partial charge is 0.317 e. The third-order valence-corrected chi connectivity index (χ3v) is 4.20. The number of amides is 1. The summed E-state index contributed by atoms with van der Waals surface area (Å²) in [4.78, 5) is 24.4. The van der Waals surface area contributed by atoms with E-state index in [0.717, 1.165) is 32.2 Å². The summed E-state index contributed by atoms with van der Waals surface area (Å²) in [5.74, 6) is -0.338. The summed E-state index contributed by atoms with van der Waals surface area (Å²) in [7, 11) is 0. The van der Waals surface area contributed by atoms with Gasteiger partial charge in [-0.1, -0.05) is 13.3 Å². The lowest BCUT2D eigenvalue weighted by atomic mass is 9.82. The molecule has 0 aromatic carbocycles. The van der Waals surface area contributed by atoms with Gasteiger partial charge >= 0.3 is 5.97 Å². The van der Waals surface area contributed by atoms with Crippen LogP contribution in [0, 0.1) is 5.92 Å². The largest absolute Gasteiger partial charge is 0.480 e. The molecule has 2 aliphatic carbocycles. The van der Waals surface area contributed by atoms with Crippen molar-refractivity contribution in [2.45, 2.75) is 51.1 Å². The van der Waals surface area contributed by atoms with Crippen LogP contribution >= 0.6 is 0 Å². The third kappa shape index (κ3) is 3.02. The Morgan fingerprint density at radius 1 is 1.33 bits per heavy atom. The van der Waals surface area contributed by atoms with Crippen molar-refractivity contribution in [1.82, 2.24) is 10.2 Å². The topological polar surface area (TPSA) is 69.6 Å². The van der Waals surface area contributed by atoms with E-state index in [1.807, 2.05) is 11.8 Å². The summed E-state index contributed by atoms with van der Waals surface area (Å²) in [5.41, 5.74) is 0. The summed E-state index contributed by atoms with van der Waals surface area (Å²) in [6.45, 7) is 2.83. The molecule has 18 heavy (non-hydrogen) atoms.